The van der Waals surface area contributed by atoms with Gasteiger partial charge >= 0.3 is 5.97 Å². The number of hydrogen-bond donors (Lipinski definition) is 3. The number of primary amides is 1. The molecular formula is C11H11FN2O4. The maximum atomic E-state index is 12.6. The summed E-state index contributed by atoms with van der Waals surface area (Å²) in [6.07, 6.45) is -0.609. The predicted octanol–water partition coefficient (Wildman–Crippen LogP) is -0.116. The average Bonchev–Trinajstić information content (AvgIpc) is 2.28. The van der Waals surface area contributed by atoms with Crippen LogP contribution in [0.1, 0.15) is 16.8 Å². The fraction of sp³-hybridized carbons (Fsp3) is 0.182. The van der Waals surface area contributed by atoms with Crippen molar-refractivity contribution in [3.8, 4) is 0 Å². The van der Waals surface area contributed by atoms with Crippen molar-refractivity contribution in [3.63, 3.8) is 0 Å². The van der Waals surface area contributed by atoms with Gasteiger partial charge in [-0.2, -0.15) is 0 Å². The summed E-state index contributed by atoms with van der Waals surface area (Å²) < 4.78 is 12.6. The Morgan fingerprint density at radius 1 is 1.28 bits per heavy atom. The summed E-state index contributed by atoms with van der Waals surface area (Å²) >= 11 is 0. The van der Waals surface area contributed by atoms with Crippen LogP contribution in [-0.2, 0) is 9.59 Å². The van der Waals surface area contributed by atoms with Gasteiger partial charge in [0, 0.05) is 5.56 Å². The lowest BCUT2D eigenvalue weighted by atomic mass is 10.1. The molecule has 0 aliphatic carbocycles. The van der Waals surface area contributed by atoms with Crippen LogP contribution in [0.3, 0.4) is 0 Å². The zero-order valence-electron chi connectivity index (χ0n) is 9.22. The third-order valence-electron chi connectivity index (χ3n) is 2.13. The van der Waals surface area contributed by atoms with E-state index >= 15 is 0 Å². The molecule has 0 unspecified atom stereocenters. The number of nitrogens with one attached hydrogen (secondary N) is 1. The minimum Gasteiger partial charge on any atom is -0.481 e. The molecule has 2 amide bonds. The molecule has 0 radical (unpaired) electrons. The fourth-order valence-corrected chi connectivity index (χ4v) is 1.24. The third-order valence-corrected chi connectivity index (χ3v) is 2.13. The van der Waals surface area contributed by atoms with Crippen molar-refractivity contribution in [2.75, 3.05) is 0 Å². The lowest BCUT2D eigenvalue weighted by Gasteiger charge is -2.13. The van der Waals surface area contributed by atoms with E-state index in [1.165, 1.54) is 12.1 Å². The normalized spacial score (nSPS) is 11.6. The van der Waals surface area contributed by atoms with E-state index in [0.717, 1.165) is 12.1 Å². The Morgan fingerprint density at radius 3 is 2.28 bits per heavy atom. The van der Waals surface area contributed by atoms with E-state index in [9.17, 15) is 18.8 Å². The predicted molar refractivity (Wildman–Crippen MR) is 59.1 cm³/mol. The summed E-state index contributed by atoms with van der Waals surface area (Å²) in [5, 5.41) is 10.7. The van der Waals surface area contributed by atoms with Gasteiger partial charge in [-0.15, -0.1) is 0 Å². The summed E-state index contributed by atoms with van der Waals surface area (Å²) in [6.45, 7) is 0. The molecule has 96 valence electrons. The number of aliphatic carboxylic acids is 1. The lowest BCUT2D eigenvalue weighted by Crippen LogP contribution is -2.45. The van der Waals surface area contributed by atoms with Gasteiger partial charge in [0.1, 0.15) is 11.9 Å². The summed E-state index contributed by atoms with van der Waals surface area (Å²) in [4.78, 5) is 33.0. The first kappa shape index (κ1) is 13.6. The van der Waals surface area contributed by atoms with Crippen LogP contribution in [0.4, 0.5) is 4.39 Å². The maximum absolute atomic E-state index is 12.6. The number of halogens is 1. The fourth-order valence-electron chi connectivity index (χ4n) is 1.24. The van der Waals surface area contributed by atoms with Crippen LogP contribution in [-0.4, -0.2) is 28.9 Å². The largest absolute Gasteiger partial charge is 0.481 e. The van der Waals surface area contributed by atoms with Gasteiger partial charge in [-0.1, -0.05) is 0 Å². The highest BCUT2D eigenvalue weighted by molar-refractivity contribution is 5.98. The minimum atomic E-state index is -1.31. The molecule has 1 aromatic rings. The summed E-state index contributed by atoms with van der Waals surface area (Å²) in [5.41, 5.74) is 5.06. The molecule has 6 nitrogen and oxygen atoms in total. The molecule has 0 aliphatic rings. The van der Waals surface area contributed by atoms with Gasteiger partial charge in [-0.3, -0.25) is 14.4 Å². The SMILES string of the molecule is NC(=O)[C@@H](CC(=O)O)NC(=O)c1ccc(F)cc1. The average molecular weight is 254 g/mol. The number of carboxylic acids is 1. The molecule has 0 fully saturated rings. The minimum absolute atomic E-state index is 0.105. The number of carbonyl (C=O) groups is 3. The van der Waals surface area contributed by atoms with Crippen molar-refractivity contribution in [3.05, 3.63) is 35.6 Å². The second kappa shape index (κ2) is 5.76. The van der Waals surface area contributed by atoms with Gasteiger partial charge in [-0.05, 0) is 24.3 Å². The third kappa shape index (κ3) is 3.85. The Labute approximate surface area is 102 Å². The molecule has 18 heavy (non-hydrogen) atoms. The maximum Gasteiger partial charge on any atom is 0.305 e. The van der Waals surface area contributed by atoms with Crippen molar-refractivity contribution in [2.24, 2.45) is 5.73 Å². The van der Waals surface area contributed by atoms with Gasteiger partial charge in [0.05, 0.1) is 6.42 Å². The van der Waals surface area contributed by atoms with E-state index in [2.05, 4.69) is 5.32 Å². The van der Waals surface area contributed by atoms with E-state index in [1.54, 1.807) is 0 Å². The van der Waals surface area contributed by atoms with Crippen LogP contribution in [0.5, 0.6) is 0 Å². The van der Waals surface area contributed by atoms with Crippen LogP contribution >= 0.6 is 0 Å². The molecule has 0 aromatic heterocycles. The summed E-state index contributed by atoms with van der Waals surface area (Å²) in [6, 6.07) is 3.27. The van der Waals surface area contributed by atoms with Gasteiger partial charge < -0.3 is 16.2 Å². The molecule has 0 heterocycles. The van der Waals surface area contributed by atoms with Gasteiger partial charge in [0.15, 0.2) is 0 Å². The molecule has 0 spiro atoms. The van der Waals surface area contributed by atoms with Crippen LogP contribution in [0.15, 0.2) is 24.3 Å². The Bertz CT molecular complexity index is 472. The van der Waals surface area contributed by atoms with E-state index in [0.29, 0.717) is 0 Å². The van der Waals surface area contributed by atoms with Crippen LogP contribution < -0.4 is 11.1 Å². The molecule has 0 aliphatic heterocycles. The second-order valence-electron chi connectivity index (χ2n) is 3.53. The van der Waals surface area contributed by atoms with Crippen LogP contribution in [0, 0.1) is 5.82 Å². The number of benzene rings is 1. The first-order valence-electron chi connectivity index (χ1n) is 4.97. The Morgan fingerprint density at radius 2 is 1.83 bits per heavy atom. The van der Waals surface area contributed by atoms with Gasteiger partial charge in [0.25, 0.3) is 5.91 Å². The summed E-state index contributed by atoms with van der Waals surface area (Å²) in [5.74, 6) is -3.42. The van der Waals surface area contributed by atoms with E-state index in [4.69, 9.17) is 10.8 Å². The Kier molecular flexibility index (Phi) is 4.36. The van der Waals surface area contributed by atoms with Crippen molar-refractivity contribution in [2.45, 2.75) is 12.5 Å². The molecular weight excluding hydrogens is 243 g/mol. The number of carboxylic acid groups (broad SMARTS) is 1. The number of rotatable bonds is 5. The van der Waals surface area contributed by atoms with Crippen molar-refractivity contribution in [1.82, 2.24) is 5.32 Å². The molecule has 1 aromatic carbocycles. The first-order chi connectivity index (χ1) is 8.40. The highest BCUT2D eigenvalue weighted by Crippen LogP contribution is 2.03. The molecule has 1 rings (SSSR count). The molecule has 0 saturated heterocycles. The monoisotopic (exact) mass is 254 g/mol. The standard InChI is InChI=1S/C11H11FN2O4/c12-7-3-1-6(2-4-7)11(18)14-8(10(13)17)5-9(15)16/h1-4,8H,5H2,(H2,13,17)(H,14,18)(H,15,16)/t8-/m1/s1. The zero-order valence-corrected chi connectivity index (χ0v) is 9.22. The van der Waals surface area contributed by atoms with Crippen molar-refractivity contribution < 1.29 is 23.9 Å². The summed E-state index contributed by atoms with van der Waals surface area (Å²) in [7, 11) is 0. The Balaban J connectivity index is 2.75. The van der Waals surface area contributed by atoms with Crippen LogP contribution in [0.25, 0.3) is 0 Å². The second-order valence-corrected chi connectivity index (χ2v) is 3.53. The molecule has 1 atom stereocenters. The number of carbonyl (C=O) groups excluding carboxylic acids is 2. The number of hydrogen-bond acceptors (Lipinski definition) is 3. The smallest absolute Gasteiger partial charge is 0.305 e. The van der Waals surface area contributed by atoms with Gasteiger partial charge in [0.2, 0.25) is 5.91 Å². The highest BCUT2D eigenvalue weighted by atomic mass is 19.1. The highest BCUT2D eigenvalue weighted by Gasteiger charge is 2.21. The molecule has 0 saturated carbocycles. The van der Waals surface area contributed by atoms with E-state index in [1.807, 2.05) is 0 Å². The Hall–Kier alpha value is -2.44. The molecule has 4 N–H and O–H groups in total. The molecule has 0 bridgehead atoms. The first-order valence-corrected chi connectivity index (χ1v) is 4.97. The number of nitrogens with two attached hydrogens (primary N) is 1. The molecule has 7 heteroatoms. The van der Waals surface area contributed by atoms with Gasteiger partial charge in [-0.25, -0.2) is 4.39 Å². The van der Waals surface area contributed by atoms with Crippen molar-refractivity contribution in [1.29, 1.82) is 0 Å². The van der Waals surface area contributed by atoms with E-state index < -0.39 is 36.1 Å². The number of amides is 2. The van der Waals surface area contributed by atoms with Crippen LogP contribution in [0.2, 0.25) is 0 Å². The van der Waals surface area contributed by atoms with Crippen molar-refractivity contribution >= 4 is 17.8 Å². The zero-order chi connectivity index (χ0) is 13.7. The van der Waals surface area contributed by atoms with E-state index in [-0.39, 0.29) is 5.56 Å². The lowest BCUT2D eigenvalue weighted by molar-refractivity contribution is -0.139. The quantitative estimate of drug-likeness (QED) is 0.680. The topological polar surface area (TPSA) is 109 Å².